The molecule has 0 unspecified atom stereocenters. The molecule has 108 valence electrons. The van der Waals surface area contributed by atoms with Crippen molar-refractivity contribution in [2.24, 2.45) is 13.0 Å². The van der Waals surface area contributed by atoms with E-state index in [9.17, 15) is 4.39 Å². The Morgan fingerprint density at radius 1 is 1.40 bits per heavy atom. The molecule has 0 aliphatic rings. The molecule has 0 saturated carbocycles. The van der Waals surface area contributed by atoms with Crippen molar-refractivity contribution in [1.82, 2.24) is 14.9 Å². The van der Waals surface area contributed by atoms with E-state index < -0.39 is 0 Å². The lowest BCUT2D eigenvalue weighted by Gasteiger charge is -2.12. The van der Waals surface area contributed by atoms with E-state index in [0.717, 1.165) is 17.3 Å². The molecule has 0 aliphatic heterocycles. The van der Waals surface area contributed by atoms with Crippen LogP contribution in [0.25, 0.3) is 0 Å². The number of halogens is 1. The van der Waals surface area contributed by atoms with Crippen LogP contribution in [0.5, 0.6) is 0 Å². The Balaban J connectivity index is 2.16. The summed E-state index contributed by atoms with van der Waals surface area (Å²) in [5, 5.41) is 4.15. The largest absolute Gasteiger partial charge is 0.329 e. The van der Waals surface area contributed by atoms with Gasteiger partial charge in [-0.15, -0.1) is 0 Å². The average molecular weight is 293 g/mol. The van der Waals surface area contributed by atoms with Crippen molar-refractivity contribution in [1.29, 1.82) is 0 Å². The van der Waals surface area contributed by atoms with Gasteiger partial charge in [-0.3, -0.25) is 0 Å². The third-order valence-corrected chi connectivity index (χ3v) is 4.12. The summed E-state index contributed by atoms with van der Waals surface area (Å²) >= 11 is 1.37. The molecule has 2 rings (SSSR count). The summed E-state index contributed by atoms with van der Waals surface area (Å²) in [4.78, 5) is 4.89. The molecule has 1 heterocycles. The van der Waals surface area contributed by atoms with Crippen molar-refractivity contribution in [2.75, 3.05) is 6.54 Å². The van der Waals surface area contributed by atoms with Crippen LogP contribution in [0.1, 0.15) is 19.4 Å². The Hall–Kier alpha value is -1.33. The zero-order valence-electron chi connectivity index (χ0n) is 12.1. The molecule has 1 aromatic heterocycles. The molecular weight excluding hydrogens is 273 g/mol. The topological polar surface area (TPSA) is 29.9 Å². The third kappa shape index (κ3) is 3.84. The number of nitrogens with one attached hydrogen (secondary N) is 1. The maximum absolute atomic E-state index is 14.1. The van der Waals surface area contributed by atoms with Gasteiger partial charge in [0.15, 0.2) is 5.16 Å². The van der Waals surface area contributed by atoms with E-state index in [4.69, 9.17) is 0 Å². The monoisotopic (exact) mass is 293 g/mol. The average Bonchev–Trinajstić information content (AvgIpc) is 2.78. The third-order valence-electron chi connectivity index (χ3n) is 2.89. The molecule has 0 bridgehead atoms. The smallest absolute Gasteiger partial charge is 0.172 e. The molecule has 0 radical (unpaired) electrons. The van der Waals surface area contributed by atoms with E-state index >= 15 is 0 Å². The number of hydrogen-bond donors (Lipinski definition) is 1. The molecule has 1 aromatic carbocycles. The van der Waals surface area contributed by atoms with Gasteiger partial charge in [0.1, 0.15) is 5.82 Å². The minimum Gasteiger partial charge on any atom is -0.329 e. The summed E-state index contributed by atoms with van der Waals surface area (Å²) < 4.78 is 16.0. The Morgan fingerprint density at radius 3 is 2.85 bits per heavy atom. The fraction of sp³-hybridized carbons (Fsp3) is 0.400. The quantitative estimate of drug-likeness (QED) is 0.884. The highest BCUT2D eigenvalue weighted by Gasteiger charge is 2.12. The summed E-state index contributed by atoms with van der Waals surface area (Å²) in [6.07, 6.45) is 3.58. The van der Waals surface area contributed by atoms with Crippen LogP contribution < -0.4 is 5.32 Å². The van der Waals surface area contributed by atoms with E-state index in [1.54, 1.807) is 12.3 Å². The van der Waals surface area contributed by atoms with Crippen LogP contribution in [0.15, 0.2) is 40.6 Å². The maximum Gasteiger partial charge on any atom is 0.172 e. The number of benzene rings is 1. The summed E-state index contributed by atoms with van der Waals surface area (Å²) in [5.74, 6) is 0.385. The summed E-state index contributed by atoms with van der Waals surface area (Å²) in [5.41, 5.74) is 0.971. The molecule has 1 N–H and O–H groups in total. The predicted molar refractivity (Wildman–Crippen MR) is 80.3 cm³/mol. The fourth-order valence-corrected chi connectivity index (χ4v) is 2.78. The molecular formula is C15H20FN3S. The van der Waals surface area contributed by atoms with Crippen molar-refractivity contribution < 1.29 is 4.39 Å². The Bertz CT molecular complexity index is 566. The van der Waals surface area contributed by atoms with Crippen molar-refractivity contribution in [3.05, 3.63) is 42.0 Å². The van der Waals surface area contributed by atoms with Crippen LogP contribution in [0.3, 0.4) is 0 Å². The van der Waals surface area contributed by atoms with Crippen LogP contribution in [-0.4, -0.2) is 16.1 Å². The van der Waals surface area contributed by atoms with Gasteiger partial charge >= 0.3 is 0 Å². The summed E-state index contributed by atoms with van der Waals surface area (Å²) in [6, 6.07) is 5.21. The highest BCUT2D eigenvalue weighted by Crippen LogP contribution is 2.31. The lowest BCUT2D eigenvalue weighted by atomic mass is 10.2. The van der Waals surface area contributed by atoms with Gasteiger partial charge in [0.2, 0.25) is 0 Å². The first-order valence-electron chi connectivity index (χ1n) is 6.71. The normalized spacial score (nSPS) is 11.2. The molecule has 0 fully saturated rings. The van der Waals surface area contributed by atoms with Crippen molar-refractivity contribution in [2.45, 2.75) is 30.4 Å². The number of rotatable bonds is 6. The molecule has 3 nitrogen and oxygen atoms in total. The molecule has 0 saturated heterocycles. The Kier molecular flexibility index (Phi) is 5.20. The lowest BCUT2D eigenvalue weighted by Crippen LogP contribution is -2.19. The Morgan fingerprint density at radius 2 is 2.20 bits per heavy atom. The number of nitrogens with zero attached hydrogens (tertiary/aromatic N) is 2. The zero-order valence-corrected chi connectivity index (χ0v) is 12.9. The Labute approximate surface area is 123 Å². The number of hydrogen-bond acceptors (Lipinski definition) is 3. The van der Waals surface area contributed by atoms with Gasteiger partial charge in [0.25, 0.3) is 0 Å². The molecule has 0 amide bonds. The SMILES string of the molecule is CC(C)CNCc1cccc(F)c1Sc1nccn1C. The van der Waals surface area contributed by atoms with Gasteiger partial charge in [-0.2, -0.15) is 0 Å². The van der Waals surface area contributed by atoms with Crippen molar-refractivity contribution in [3.63, 3.8) is 0 Å². The van der Waals surface area contributed by atoms with Gasteiger partial charge < -0.3 is 9.88 Å². The van der Waals surface area contributed by atoms with E-state index in [2.05, 4.69) is 24.1 Å². The predicted octanol–water partition coefficient (Wildman–Crippen LogP) is 3.46. The van der Waals surface area contributed by atoms with Crippen LogP contribution in [0.2, 0.25) is 0 Å². The second-order valence-corrected chi connectivity index (χ2v) is 6.15. The number of aryl methyl sites for hydroxylation is 1. The van der Waals surface area contributed by atoms with Crippen LogP contribution >= 0.6 is 11.8 Å². The number of imidazole rings is 1. The molecule has 5 heteroatoms. The fourth-order valence-electron chi connectivity index (χ4n) is 1.84. The van der Waals surface area contributed by atoms with Gasteiger partial charge in [0, 0.05) is 26.0 Å². The van der Waals surface area contributed by atoms with Crippen LogP contribution in [0.4, 0.5) is 4.39 Å². The van der Waals surface area contributed by atoms with Gasteiger partial charge in [0.05, 0.1) is 4.90 Å². The highest BCUT2D eigenvalue weighted by atomic mass is 32.2. The first-order valence-corrected chi connectivity index (χ1v) is 7.53. The second kappa shape index (κ2) is 6.90. The zero-order chi connectivity index (χ0) is 14.5. The van der Waals surface area contributed by atoms with Crippen molar-refractivity contribution in [3.8, 4) is 0 Å². The van der Waals surface area contributed by atoms with E-state index in [-0.39, 0.29) is 5.82 Å². The van der Waals surface area contributed by atoms with E-state index in [1.165, 1.54) is 17.8 Å². The van der Waals surface area contributed by atoms with Gasteiger partial charge in [-0.1, -0.05) is 26.0 Å². The first kappa shape index (κ1) is 15.1. The molecule has 0 aliphatic carbocycles. The van der Waals surface area contributed by atoms with E-state index in [1.807, 2.05) is 23.9 Å². The van der Waals surface area contributed by atoms with Crippen molar-refractivity contribution >= 4 is 11.8 Å². The summed E-state index contributed by atoms with van der Waals surface area (Å²) in [6.45, 7) is 5.90. The minimum absolute atomic E-state index is 0.193. The van der Waals surface area contributed by atoms with Crippen LogP contribution in [-0.2, 0) is 13.6 Å². The summed E-state index contributed by atoms with van der Waals surface area (Å²) in [7, 11) is 1.91. The molecule has 0 atom stereocenters. The highest BCUT2D eigenvalue weighted by molar-refractivity contribution is 7.99. The number of aromatic nitrogens is 2. The lowest BCUT2D eigenvalue weighted by molar-refractivity contribution is 0.542. The first-order chi connectivity index (χ1) is 9.58. The second-order valence-electron chi connectivity index (χ2n) is 5.18. The molecule has 2 aromatic rings. The van der Waals surface area contributed by atoms with E-state index in [0.29, 0.717) is 17.4 Å². The van der Waals surface area contributed by atoms with Gasteiger partial charge in [-0.05, 0) is 35.9 Å². The van der Waals surface area contributed by atoms with Gasteiger partial charge in [-0.25, -0.2) is 9.37 Å². The van der Waals surface area contributed by atoms with Crippen LogP contribution in [0, 0.1) is 11.7 Å². The molecule has 0 spiro atoms. The maximum atomic E-state index is 14.1. The minimum atomic E-state index is -0.193. The standard InChI is InChI=1S/C15H20FN3S/c1-11(2)9-17-10-12-5-4-6-13(16)14(12)20-15-18-7-8-19(15)3/h4-8,11,17H,9-10H2,1-3H3. The molecule has 20 heavy (non-hydrogen) atoms.